The molecule has 0 aliphatic rings. The zero-order valence-electron chi connectivity index (χ0n) is 11.4. The maximum absolute atomic E-state index is 6.15. The van der Waals surface area contributed by atoms with Gasteiger partial charge in [-0.3, -0.25) is 0 Å². The fourth-order valence-corrected chi connectivity index (χ4v) is 2.72. The molecule has 0 amide bonds. The van der Waals surface area contributed by atoms with Crippen molar-refractivity contribution in [3.63, 3.8) is 0 Å². The molecule has 0 fully saturated rings. The molecule has 1 N–H and O–H groups in total. The summed E-state index contributed by atoms with van der Waals surface area (Å²) < 4.78 is 5.23. The van der Waals surface area contributed by atoms with Crippen LogP contribution in [0.15, 0.2) is 42.5 Å². The molecular weight excluding hydrogens is 305 g/mol. The third-order valence-corrected chi connectivity index (χ3v) is 3.94. The number of benzene rings is 2. The maximum Gasteiger partial charge on any atom is 0.119 e. The summed E-state index contributed by atoms with van der Waals surface area (Å²) in [5, 5.41) is 2.37. The maximum atomic E-state index is 6.15. The van der Waals surface area contributed by atoms with E-state index in [1.807, 2.05) is 48.6 Å². The number of hydrogen-bond donors (Lipinski definition) is 1. The smallest absolute Gasteiger partial charge is 0.119 e. The number of methoxy groups -OCH3 is 1. The van der Waals surface area contributed by atoms with Crippen LogP contribution in [0.5, 0.6) is 5.75 Å². The Balaban J connectivity index is 1.96. The molecule has 2 nitrogen and oxygen atoms in total. The Morgan fingerprint density at radius 2 is 1.76 bits per heavy atom. The number of aromatic amines is 1. The average Bonchev–Trinajstić information content (AvgIpc) is 2.88. The number of nitrogens with one attached hydrogen (secondary N) is 1. The van der Waals surface area contributed by atoms with E-state index in [0.29, 0.717) is 10.0 Å². The molecule has 0 aliphatic heterocycles. The summed E-state index contributed by atoms with van der Waals surface area (Å²) in [7, 11) is 1.66. The van der Waals surface area contributed by atoms with Crippen molar-refractivity contribution in [1.82, 2.24) is 4.98 Å². The molecule has 0 saturated heterocycles. The minimum Gasteiger partial charge on any atom is -0.497 e. The van der Waals surface area contributed by atoms with Crippen LogP contribution in [0.25, 0.3) is 23.1 Å². The molecule has 0 aliphatic carbocycles. The van der Waals surface area contributed by atoms with Crippen LogP contribution in [0, 0.1) is 0 Å². The molecule has 0 spiro atoms. The van der Waals surface area contributed by atoms with E-state index in [1.165, 1.54) is 0 Å². The first-order chi connectivity index (χ1) is 10.2. The highest BCUT2D eigenvalue weighted by molar-refractivity contribution is 6.37. The molecule has 3 aromatic rings. The minimum absolute atomic E-state index is 0.636. The van der Waals surface area contributed by atoms with Crippen molar-refractivity contribution in [3.8, 4) is 5.75 Å². The average molecular weight is 318 g/mol. The molecule has 1 heterocycles. The molecule has 3 rings (SSSR count). The van der Waals surface area contributed by atoms with E-state index in [1.54, 1.807) is 7.11 Å². The van der Waals surface area contributed by atoms with Crippen LogP contribution in [0.3, 0.4) is 0 Å². The lowest BCUT2D eigenvalue weighted by atomic mass is 10.2. The van der Waals surface area contributed by atoms with Gasteiger partial charge in [-0.15, -0.1) is 0 Å². The predicted molar refractivity (Wildman–Crippen MR) is 90.2 cm³/mol. The van der Waals surface area contributed by atoms with Gasteiger partial charge in [0.1, 0.15) is 5.75 Å². The van der Waals surface area contributed by atoms with Crippen LogP contribution in [-0.4, -0.2) is 12.1 Å². The first-order valence-electron chi connectivity index (χ1n) is 6.46. The SMILES string of the molecule is COc1ccc2[nH]c(C=Cc3c(Cl)cccc3Cl)cc2c1. The third kappa shape index (κ3) is 2.92. The van der Waals surface area contributed by atoms with Gasteiger partial charge in [0.05, 0.1) is 7.11 Å². The summed E-state index contributed by atoms with van der Waals surface area (Å²) in [6.45, 7) is 0. The monoisotopic (exact) mass is 317 g/mol. The normalized spacial score (nSPS) is 11.4. The first kappa shape index (κ1) is 14.1. The van der Waals surface area contributed by atoms with Gasteiger partial charge in [0.15, 0.2) is 0 Å². The van der Waals surface area contributed by atoms with Crippen LogP contribution in [-0.2, 0) is 0 Å². The van der Waals surface area contributed by atoms with Gasteiger partial charge in [0.25, 0.3) is 0 Å². The Morgan fingerprint density at radius 1 is 1.00 bits per heavy atom. The first-order valence-corrected chi connectivity index (χ1v) is 7.22. The van der Waals surface area contributed by atoms with E-state index >= 15 is 0 Å². The molecule has 4 heteroatoms. The van der Waals surface area contributed by atoms with E-state index in [0.717, 1.165) is 27.9 Å². The predicted octanol–water partition coefficient (Wildman–Crippen LogP) is 5.65. The Hall–Kier alpha value is -1.90. The fourth-order valence-electron chi connectivity index (χ4n) is 2.19. The lowest BCUT2D eigenvalue weighted by Gasteiger charge is -2.00. The summed E-state index contributed by atoms with van der Waals surface area (Å²) in [6, 6.07) is 13.4. The summed E-state index contributed by atoms with van der Waals surface area (Å²) in [5.41, 5.74) is 2.85. The molecule has 0 atom stereocenters. The second-order valence-corrected chi connectivity index (χ2v) is 5.46. The van der Waals surface area contributed by atoms with Gasteiger partial charge >= 0.3 is 0 Å². The van der Waals surface area contributed by atoms with E-state index < -0.39 is 0 Å². The van der Waals surface area contributed by atoms with Crippen molar-refractivity contribution in [1.29, 1.82) is 0 Å². The lowest BCUT2D eigenvalue weighted by molar-refractivity contribution is 0.415. The highest BCUT2D eigenvalue weighted by atomic mass is 35.5. The number of halogens is 2. The van der Waals surface area contributed by atoms with Gasteiger partial charge in [0.2, 0.25) is 0 Å². The number of rotatable bonds is 3. The quantitative estimate of drug-likeness (QED) is 0.663. The number of ether oxygens (including phenoxy) is 1. The number of hydrogen-bond acceptors (Lipinski definition) is 1. The van der Waals surface area contributed by atoms with Gasteiger partial charge in [-0.05, 0) is 48.6 Å². The Labute approximate surface area is 133 Å². The Kier molecular flexibility index (Phi) is 3.91. The minimum atomic E-state index is 0.636. The molecule has 1 aromatic heterocycles. The fraction of sp³-hybridized carbons (Fsp3) is 0.0588. The van der Waals surface area contributed by atoms with Crippen molar-refractivity contribution in [2.45, 2.75) is 0 Å². The highest BCUT2D eigenvalue weighted by Gasteiger charge is 2.03. The Morgan fingerprint density at radius 3 is 2.48 bits per heavy atom. The van der Waals surface area contributed by atoms with Crippen molar-refractivity contribution in [2.24, 2.45) is 0 Å². The second-order valence-electron chi connectivity index (χ2n) is 4.65. The number of aromatic nitrogens is 1. The van der Waals surface area contributed by atoms with E-state index in [9.17, 15) is 0 Å². The van der Waals surface area contributed by atoms with Crippen molar-refractivity contribution in [2.75, 3.05) is 7.11 Å². The van der Waals surface area contributed by atoms with Gasteiger partial charge in [0, 0.05) is 32.2 Å². The number of H-pyrrole nitrogens is 1. The molecular formula is C17H13Cl2NO. The lowest BCUT2D eigenvalue weighted by Crippen LogP contribution is -1.80. The van der Waals surface area contributed by atoms with Crippen LogP contribution in [0.4, 0.5) is 0 Å². The van der Waals surface area contributed by atoms with E-state index in [-0.39, 0.29) is 0 Å². The van der Waals surface area contributed by atoms with Crippen LogP contribution in [0.2, 0.25) is 10.0 Å². The molecule has 106 valence electrons. The van der Waals surface area contributed by atoms with E-state index in [2.05, 4.69) is 11.1 Å². The zero-order chi connectivity index (χ0) is 14.8. The highest BCUT2D eigenvalue weighted by Crippen LogP contribution is 2.27. The van der Waals surface area contributed by atoms with Crippen molar-refractivity contribution < 1.29 is 4.74 Å². The third-order valence-electron chi connectivity index (χ3n) is 3.28. The standard InChI is InChI=1S/C17H13Cl2NO/c1-21-13-6-8-17-11(10-13)9-12(20-17)5-7-14-15(18)3-2-4-16(14)19/h2-10,20H,1H3. The topological polar surface area (TPSA) is 25.0 Å². The van der Waals surface area contributed by atoms with Crippen LogP contribution < -0.4 is 4.74 Å². The summed E-state index contributed by atoms with van der Waals surface area (Å²) >= 11 is 12.3. The largest absolute Gasteiger partial charge is 0.497 e. The van der Waals surface area contributed by atoms with Gasteiger partial charge in [-0.2, -0.15) is 0 Å². The molecule has 0 radical (unpaired) electrons. The molecule has 0 bridgehead atoms. The van der Waals surface area contributed by atoms with Crippen LogP contribution in [0.1, 0.15) is 11.3 Å². The molecule has 21 heavy (non-hydrogen) atoms. The Bertz CT molecular complexity index is 801. The molecule has 0 saturated carbocycles. The van der Waals surface area contributed by atoms with Crippen LogP contribution >= 0.6 is 23.2 Å². The second kappa shape index (κ2) is 5.84. The summed E-state index contributed by atoms with van der Waals surface area (Å²) in [6.07, 6.45) is 3.87. The van der Waals surface area contributed by atoms with Crippen molar-refractivity contribution in [3.05, 3.63) is 63.8 Å². The van der Waals surface area contributed by atoms with Gasteiger partial charge in [-0.25, -0.2) is 0 Å². The van der Waals surface area contributed by atoms with E-state index in [4.69, 9.17) is 27.9 Å². The van der Waals surface area contributed by atoms with Gasteiger partial charge in [-0.1, -0.05) is 29.3 Å². The van der Waals surface area contributed by atoms with Gasteiger partial charge < -0.3 is 9.72 Å². The van der Waals surface area contributed by atoms with Crippen molar-refractivity contribution >= 4 is 46.3 Å². The number of fused-ring (bicyclic) bond motifs is 1. The zero-order valence-corrected chi connectivity index (χ0v) is 12.9. The molecule has 2 aromatic carbocycles. The molecule has 0 unspecified atom stereocenters. The summed E-state index contributed by atoms with van der Waals surface area (Å²) in [5.74, 6) is 0.839. The summed E-state index contributed by atoms with van der Waals surface area (Å²) in [4.78, 5) is 3.33.